The summed E-state index contributed by atoms with van der Waals surface area (Å²) in [4.78, 5) is 0. The molecule has 0 bridgehead atoms. The maximum absolute atomic E-state index is 13.8. The van der Waals surface area contributed by atoms with Gasteiger partial charge in [-0.05, 0) is 41.4 Å². The van der Waals surface area contributed by atoms with E-state index in [1.54, 1.807) is 30.6 Å². The van der Waals surface area contributed by atoms with Gasteiger partial charge in [0.05, 0.1) is 7.11 Å². The van der Waals surface area contributed by atoms with Crippen molar-refractivity contribution in [1.82, 2.24) is 5.32 Å². The lowest BCUT2D eigenvalue weighted by molar-refractivity contribution is 0.393. The van der Waals surface area contributed by atoms with Crippen LogP contribution in [0.1, 0.15) is 24.1 Å². The number of ether oxygens (including phenoxy) is 1. The number of hydrogen-bond donors (Lipinski definition) is 1. The van der Waals surface area contributed by atoms with Crippen LogP contribution in [0.25, 0.3) is 0 Å². The van der Waals surface area contributed by atoms with Crippen LogP contribution >= 0.6 is 11.3 Å². The fourth-order valence-electron chi connectivity index (χ4n) is 1.88. The zero-order valence-electron chi connectivity index (χ0n) is 10.4. The zero-order chi connectivity index (χ0) is 13.0. The molecule has 1 heterocycles. The van der Waals surface area contributed by atoms with Gasteiger partial charge in [0, 0.05) is 18.2 Å². The first kappa shape index (κ1) is 13.1. The van der Waals surface area contributed by atoms with Gasteiger partial charge in [0.1, 0.15) is 11.6 Å². The molecule has 18 heavy (non-hydrogen) atoms. The Hall–Kier alpha value is -1.39. The number of thiophene rings is 1. The molecule has 2 rings (SSSR count). The van der Waals surface area contributed by atoms with E-state index in [9.17, 15) is 4.39 Å². The molecular weight excluding hydrogens is 249 g/mol. The van der Waals surface area contributed by atoms with Crippen LogP contribution in [-0.4, -0.2) is 7.11 Å². The van der Waals surface area contributed by atoms with Crippen molar-refractivity contribution >= 4 is 11.3 Å². The van der Waals surface area contributed by atoms with Crippen molar-refractivity contribution in [3.63, 3.8) is 0 Å². The molecule has 0 aliphatic rings. The molecule has 4 heteroatoms. The largest absolute Gasteiger partial charge is 0.496 e. The third kappa shape index (κ3) is 2.89. The second-order valence-corrected chi connectivity index (χ2v) is 4.87. The topological polar surface area (TPSA) is 21.3 Å². The molecule has 0 fully saturated rings. The van der Waals surface area contributed by atoms with E-state index in [-0.39, 0.29) is 11.9 Å². The van der Waals surface area contributed by atoms with Crippen molar-refractivity contribution in [2.75, 3.05) is 7.11 Å². The lowest BCUT2D eigenvalue weighted by Gasteiger charge is -2.17. The molecule has 0 aliphatic carbocycles. The summed E-state index contributed by atoms with van der Waals surface area (Å²) in [6.07, 6.45) is 0. The third-order valence-electron chi connectivity index (χ3n) is 2.86. The van der Waals surface area contributed by atoms with Gasteiger partial charge in [0.2, 0.25) is 0 Å². The average molecular weight is 265 g/mol. The van der Waals surface area contributed by atoms with E-state index in [1.807, 2.05) is 12.3 Å². The van der Waals surface area contributed by atoms with Gasteiger partial charge in [-0.1, -0.05) is 6.07 Å². The molecule has 1 unspecified atom stereocenters. The van der Waals surface area contributed by atoms with Crippen LogP contribution in [0, 0.1) is 5.82 Å². The van der Waals surface area contributed by atoms with E-state index in [0.717, 1.165) is 6.54 Å². The number of hydrogen-bond acceptors (Lipinski definition) is 3. The van der Waals surface area contributed by atoms with E-state index >= 15 is 0 Å². The summed E-state index contributed by atoms with van der Waals surface area (Å²) in [6, 6.07) is 6.86. The van der Waals surface area contributed by atoms with Crippen LogP contribution in [0.5, 0.6) is 5.75 Å². The highest BCUT2D eigenvalue weighted by Crippen LogP contribution is 2.27. The summed E-state index contributed by atoms with van der Waals surface area (Å²) < 4.78 is 19.0. The highest BCUT2D eigenvalue weighted by atomic mass is 32.1. The fourth-order valence-corrected chi connectivity index (χ4v) is 2.55. The molecule has 1 N–H and O–H groups in total. The average Bonchev–Trinajstić information content (AvgIpc) is 2.88. The Balaban J connectivity index is 2.10. The Bertz CT molecular complexity index is 499. The number of methoxy groups -OCH3 is 1. The Kier molecular flexibility index (Phi) is 4.33. The van der Waals surface area contributed by atoms with E-state index < -0.39 is 0 Å². The van der Waals surface area contributed by atoms with Gasteiger partial charge in [0.15, 0.2) is 0 Å². The number of halogens is 1. The molecule has 1 aromatic heterocycles. The smallest absolute Gasteiger partial charge is 0.131 e. The number of benzene rings is 1. The first-order valence-electron chi connectivity index (χ1n) is 5.79. The van der Waals surface area contributed by atoms with E-state index in [4.69, 9.17) is 4.74 Å². The van der Waals surface area contributed by atoms with Gasteiger partial charge < -0.3 is 10.1 Å². The van der Waals surface area contributed by atoms with Crippen molar-refractivity contribution in [1.29, 1.82) is 0 Å². The molecule has 2 aromatic rings. The minimum Gasteiger partial charge on any atom is -0.496 e. The highest BCUT2D eigenvalue weighted by Gasteiger charge is 2.15. The Labute approximate surface area is 110 Å². The Morgan fingerprint density at radius 2 is 2.22 bits per heavy atom. The summed E-state index contributed by atoms with van der Waals surface area (Å²) in [5, 5.41) is 7.42. The van der Waals surface area contributed by atoms with Crippen LogP contribution in [0.15, 0.2) is 35.0 Å². The van der Waals surface area contributed by atoms with Crippen molar-refractivity contribution in [3.05, 3.63) is 52.0 Å². The summed E-state index contributed by atoms with van der Waals surface area (Å²) in [6.45, 7) is 2.66. The van der Waals surface area contributed by atoms with Gasteiger partial charge in [0.25, 0.3) is 0 Å². The lowest BCUT2D eigenvalue weighted by Crippen LogP contribution is -2.19. The zero-order valence-corrected chi connectivity index (χ0v) is 11.3. The molecule has 2 nitrogen and oxygen atoms in total. The van der Waals surface area contributed by atoms with Gasteiger partial charge in [-0.2, -0.15) is 11.3 Å². The molecule has 96 valence electrons. The molecule has 0 saturated carbocycles. The monoisotopic (exact) mass is 265 g/mol. The fraction of sp³-hybridized carbons (Fsp3) is 0.286. The van der Waals surface area contributed by atoms with Gasteiger partial charge in [-0.25, -0.2) is 4.39 Å². The van der Waals surface area contributed by atoms with Gasteiger partial charge >= 0.3 is 0 Å². The molecule has 1 aromatic carbocycles. The molecule has 0 radical (unpaired) electrons. The van der Waals surface area contributed by atoms with Crippen molar-refractivity contribution < 1.29 is 9.13 Å². The Morgan fingerprint density at radius 1 is 1.39 bits per heavy atom. The van der Waals surface area contributed by atoms with Gasteiger partial charge in [-0.3, -0.25) is 0 Å². The number of rotatable bonds is 5. The second-order valence-electron chi connectivity index (χ2n) is 4.09. The minimum atomic E-state index is -0.236. The summed E-state index contributed by atoms with van der Waals surface area (Å²) >= 11 is 1.66. The van der Waals surface area contributed by atoms with Crippen molar-refractivity contribution in [2.45, 2.75) is 19.5 Å². The van der Waals surface area contributed by atoms with Crippen LogP contribution < -0.4 is 10.1 Å². The molecule has 0 amide bonds. The second kappa shape index (κ2) is 5.98. The maximum Gasteiger partial charge on any atom is 0.131 e. The number of nitrogens with one attached hydrogen (secondary N) is 1. The predicted molar refractivity (Wildman–Crippen MR) is 72.5 cm³/mol. The molecule has 0 saturated heterocycles. The maximum atomic E-state index is 13.8. The molecular formula is C14H16FNOS. The third-order valence-corrected chi connectivity index (χ3v) is 3.59. The van der Waals surface area contributed by atoms with Crippen molar-refractivity contribution in [2.24, 2.45) is 0 Å². The lowest BCUT2D eigenvalue weighted by atomic mass is 10.1. The van der Waals surface area contributed by atoms with Crippen molar-refractivity contribution in [3.8, 4) is 5.75 Å². The summed E-state index contributed by atoms with van der Waals surface area (Å²) in [5.41, 5.74) is 1.79. The molecule has 0 spiro atoms. The minimum absolute atomic E-state index is 0.0963. The van der Waals surface area contributed by atoms with Crippen LogP contribution in [0.4, 0.5) is 4.39 Å². The van der Waals surface area contributed by atoms with E-state index in [1.165, 1.54) is 11.6 Å². The summed E-state index contributed by atoms with van der Waals surface area (Å²) in [5.74, 6) is 0.347. The Morgan fingerprint density at radius 3 is 2.89 bits per heavy atom. The quantitative estimate of drug-likeness (QED) is 0.889. The van der Waals surface area contributed by atoms with Crippen LogP contribution in [-0.2, 0) is 6.54 Å². The summed E-state index contributed by atoms with van der Waals surface area (Å²) in [7, 11) is 1.56. The first-order chi connectivity index (χ1) is 8.72. The normalized spacial score (nSPS) is 12.4. The predicted octanol–water partition coefficient (Wildman–Crippen LogP) is 3.75. The molecule has 1 atom stereocenters. The highest BCUT2D eigenvalue weighted by molar-refractivity contribution is 7.07. The SMILES string of the molecule is COc1cccc(F)c1C(C)NCc1ccsc1. The van der Waals surface area contributed by atoms with E-state index in [2.05, 4.69) is 16.8 Å². The van der Waals surface area contributed by atoms with Gasteiger partial charge in [-0.15, -0.1) is 0 Å². The van der Waals surface area contributed by atoms with Crippen LogP contribution in [0.2, 0.25) is 0 Å². The first-order valence-corrected chi connectivity index (χ1v) is 6.73. The standard InChI is InChI=1S/C14H16FNOS/c1-10(16-8-11-6-7-18-9-11)14-12(15)4-3-5-13(14)17-2/h3-7,9-10,16H,8H2,1-2H3. The van der Waals surface area contributed by atoms with Crippen LogP contribution in [0.3, 0.4) is 0 Å². The molecule has 0 aliphatic heterocycles. The van der Waals surface area contributed by atoms with E-state index in [0.29, 0.717) is 11.3 Å².